The van der Waals surface area contributed by atoms with Crippen molar-refractivity contribution in [1.82, 2.24) is 0 Å². The van der Waals surface area contributed by atoms with E-state index in [1.807, 2.05) is 19.1 Å². The minimum Gasteiger partial charge on any atom is -0.460 e. The zero-order valence-electron chi connectivity index (χ0n) is 14.0. The maximum absolute atomic E-state index is 12.7. The lowest BCUT2D eigenvalue weighted by Gasteiger charge is -2.11. The molecule has 5 nitrogen and oxygen atoms in total. The summed E-state index contributed by atoms with van der Waals surface area (Å²) in [5.41, 5.74) is 1.91. The van der Waals surface area contributed by atoms with Crippen molar-refractivity contribution in [3.63, 3.8) is 0 Å². The van der Waals surface area contributed by atoms with Crippen LogP contribution in [0.1, 0.15) is 45.2 Å². The van der Waals surface area contributed by atoms with Gasteiger partial charge in [0.15, 0.2) is 5.78 Å². The van der Waals surface area contributed by atoms with Crippen molar-refractivity contribution in [2.75, 3.05) is 0 Å². The molecule has 5 heteroatoms. The summed E-state index contributed by atoms with van der Waals surface area (Å²) >= 11 is 0. The minimum absolute atomic E-state index is 0.139. The first-order valence-corrected chi connectivity index (χ1v) is 8.07. The van der Waals surface area contributed by atoms with Crippen LogP contribution in [0.4, 0.5) is 0 Å². The van der Waals surface area contributed by atoms with Gasteiger partial charge in [0.1, 0.15) is 6.10 Å². The van der Waals surface area contributed by atoms with Crippen molar-refractivity contribution in [2.45, 2.75) is 32.5 Å². The molecular weight excluding hydrogens is 320 g/mol. The van der Waals surface area contributed by atoms with Crippen LogP contribution in [-0.2, 0) is 14.3 Å². The van der Waals surface area contributed by atoms with Gasteiger partial charge in [0.05, 0.1) is 5.56 Å². The second kappa shape index (κ2) is 6.89. The Labute approximate surface area is 145 Å². The third-order valence-electron chi connectivity index (χ3n) is 4.08. The lowest BCUT2D eigenvalue weighted by atomic mass is 9.98. The van der Waals surface area contributed by atoms with Crippen LogP contribution in [-0.4, -0.2) is 29.9 Å². The minimum atomic E-state index is -0.926. The molecule has 25 heavy (non-hydrogen) atoms. The molecule has 1 heterocycles. The fourth-order valence-corrected chi connectivity index (χ4v) is 2.73. The summed E-state index contributed by atoms with van der Waals surface area (Å²) < 4.78 is 10.2. The van der Waals surface area contributed by atoms with Gasteiger partial charge >= 0.3 is 11.9 Å². The highest BCUT2D eigenvalue weighted by molar-refractivity contribution is 6.14. The van der Waals surface area contributed by atoms with Crippen LogP contribution < -0.4 is 0 Å². The van der Waals surface area contributed by atoms with E-state index in [-0.39, 0.29) is 23.0 Å². The quantitative estimate of drug-likeness (QED) is 0.633. The summed E-state index contributed by atoms with van der Waals surface area (Å²) in [6.07, 6.45) is -0.890. The van der Waals surface area contributed by atoms with Gasteiger partial charge in [-0.2, -0.15) is 0 Å². The highest BCUT2D eigenvalue weighted by Gasteiger charge is 2.35. The summed E-state index contributed by atoms with van der Waals surface area (Å²) in [6.45, 7) is 3.67. The SMILES string of the molecule is Cc1ccc(C(=O)c2ccccc2C(=O)O[C@@H]2C[C@@H](C)OC2=O)cc1. The number of cyclic esters (lactones) is 1. The van der Waals surface area contributed by atoms with Crippen LogP contribution in [0, 0.1) is 6.92 Å². The maximum atomic E-state index is 12.7. The first kappa shape index (κ1) is 16.9. The molecule has 0 saturated carbocycles. The van der Waals surface area contributed by atoms with Gasteiger partial charge < -0.3 is 9.47 Å². The topological polar surface area (TPSA) is 69.7 Å². The number of hydrogen-bond acceptors (Lipinski definition) is 5. The first-order chi connectivity index (χ1) is 12.0. The van der Waals surface area contributed by atoms with Crippen molar-refractivity contribution in [3.05, 3.63) is 70.8 Å². The van der Waals surface area contributed by atoms with E-state index in [1.165, 1.54) is 6.07 Å². The predicted molar refractivity (Wildman–Crippen MR) is 90.4 cm³/mol. The lowest BCUT2D eigenvalue weighted by molar-refractivity contribution is -0.147. The molecule has 0 radical (unpaired) electrons. The molecule has 0 amide bonds. The van der Waals surface area contributed by atoms with Gasteiger partial charge in [0.2, 0.25) is 6.10 Å². The maximum Gasteiger partial charge on any atom is 0.347 e. The highest BCUT2D eigenvalue weighted by atomic mass is 16.6. The van der Waals surface area contributed by atoms with Gasteiger partial charge in [-0.25, -0.2) is 9.59 Å². The highest BCUT2D eigenvalue weighted by Crippen LogP contribution is 2.21. The van der Waals surface area contributed by atoms with Crippen molar-refractivity contribution < 1.29 is 23.9 Å². The third kappa shape index (κ3) is 3.60. The predicted octanol–water partition coefficient (Wildman–Crippen LogP) is 3.09. The fourth-order valence-electron chi connectivity index (χ4n) is 2.73. The Bertz CT molecular complexity index is 822. The van der Waals surface area contributed by atoms with E-state index in [9.17, 15) is 14.4 Å². The number of ketones is 1. The molecule has 1 aliphatic heterocycles. The Balaban J connectivity index is 1.85. The molecule has 2 atom stereocenters. The Morgan fingerprint density at radius 3 is 2.28 bits per heavy atom. The van der Waals surface area contributed by atoms with E-state index in [2.05, 4.69) is 0 Å². The molecule has 3 rings (SSSR count). The van der Waals surface area contributed by atoms with E-state index in [0.717, 1.165) is 5.56 Å². The van der Waals surface area contributed by atoms with Crippen LogP contribution in [0.2, 0.25) is 0 Å². The van der Waals surface area contributed by atoms with Gasteiger partial charge in [0, 0.05) is 17.5 Å². The summed E-state index contributed by atoms with van der Waals surface area (Å²) in [4.78, 5) is 36.9. The molecule has 0 unspecified atom stereocenters. The van der Waals surface area contributed by atoms with E-state index >= 15 is 0 Å². The average Bonchev–Trinajstić information content (AvgIpc) is 2.92. The largest absolute Gasteiger partial charge is 0.460 e. The van der Waals surface area contributed by atoms with Crippen LogP contribution in [0.5, 0.6) is 0 Å². The van der Waals surface area contributed by atoms with Crippen molar-refractivity contribution in [2.24, 2.45) is 0 Å². The van der Waals surface area contributed by atoms with Gasteiger partial charge in [-0.3, -0.25) is 4.79 Å². The number of esters is 2. The molecule has 0 N–H and O–H groups in total. The van der Waals surface area contributed by atoms with Gasteiger partial charge in [-0.05, 0) is 19.9 Å². The molecule has 2 aromatic carbocycles. The molecule has 1 aliphatic rings. The number of hydrogen-bond donors (Lipinski definition) is 0. The molecule has 1 saturated heterocycles. The summed E-state index contributed by atoms with van der Waals surface area (Å²) in [5, 5.41) is 0. The van der Waals surface area contributed by atoms with Gasteiger partial charge in [-0.1, -0.05) is 48.0 Å². The number of aryl methyl sites for hydroxylation is 1. The molecule has 0 aromatic heterocycles. The number of benzene rings is 2. The Hall–Kier alpha value is -2.95. The van der Waals surface area contributed by atoms with Gasteiger partial charge in [-0.15, -0.1) is 0 Å². The van der Waals surface area contributed by atoms with Gasteiger partial charge in [0.25, 0.3) is 0 Å². The summed E-state index contributed by atoms with van der Waals surface area (Å²) in [7, 11) is 0. The molecule has 128 valence electrons. The molecule has 0 bridgehead atoms. The Morgan fingerprint density at radius 1 is 1.04 bits per heavy atom. The second-order valence-electron chi connectivity index (χ2n) is 6.12. The smallest absolute Gasteiger partial charge is 0.347 e. The van der Waals surface area contributed by atoms with E-state index < -0.39 is 18.0 Å². The standard InChI is InChI=1S/C20H18O5/c1-12-7-9-14(10-8-12)18(21)15-5-3-4-6-16(15)19(22)25-17-11-13(2)24-20(17)23/h3-10,13,17H,11H2,1-2H3/t13-,17-/m1/s1. The second-order valence-corrected chi connectivity index (χ2v) is 6.12. The summed E-state index contributed by atoms with van der Waals surface area (Å²) in [5.74, 6) is -1.52. The first-order valence-electron chi connectivity index (χ1n) is 8.07. The fraction of sp³-hybridized carbons (Fsp3) is 0.250. The van der Waals surface area contributed by atoms with Crippen molar-refractivity contribution >= 4 is 17.7 Å². The lowest BCUT2D eigenvalue weighted by Crippen LogP contribution is -2.24. The van der Waals surface area contributed by atoms with E-state index in [4.69, 9.17) is 9.47 Å². The van der Waals surface area contributed by atoms with Crippen LogP contribution in [0.15, 0.2) is 48.5 Å². The normalized spacial score (nSPS) is 19.4. The van der Waals surface area contributed by atoms with E-state index in [1.54, 1.807) is 37.3 Å². The number of rotatable bonds is 4. The summed E-state index contributed by atoms with van der Waals surface area (Å²) in [6, 6.07) is 13.5. The Morgan fingerprint density at radius 2 is 1.68 bits per heavy atom. The number of ether oxygens (including phenoxy) is 2. The molecule has 1 fully saturated rings. The zero-order chi connectivity index (χ0) is 18.0. The van der Waals surface area contributed by atoms with Crippen molar-refractivity contribution in [1.29, 1.82) is 0 Å². The molecule has 0 spiro atoms. The zero-order valence-corrected chi connectivity index (χ0v) is 14.0. The average molecular weight is 338 g/mol. The monoisotopic (exact) mass is 338 g/mol. The van der Waals surface area contributed by atoms with Crippen LogP contribution in [0.25, 0.3) is 0 Å². The number of carbonyl (C=O) groups is 3. The molecule has 2 aromatic rings. The van der Waals surface area contributed by atoms with Crippen LogP contribution >= 0.6 is 0 Å². The van der Waals surface area contributed by atoms with Crippen molar-refractivity contribution in [3.8, 4) is 0 Å². The van der Waals surface area contributed by atoms with Crippen LogP contribution in [0.3, 0.4) is 0 Å². The van der Waals surface area contributed by atoms with E-state index in [0.29, 0.717) is 12.0 Å². The Kier molecular flexibility index (Phi) is 4.65. The third-order valence-corrected chi connectivity index (χ3v) is 4.08. The molecule has 0 aliphatic carbocycles. The number of carbonyl (C=O) groups excluding carboxylic acids is 3. The molecular formula is C20H18O5.